The lowest BCUT2D eigenvalue weighted by Gasteiger charge is -2.25. The fourth-order valence-electron chi connectivity index (χ4n) is 3.46. The van der Waals surface area contributed by atoms with E-state index >= 15 is 0 Å². The van der Waals surface area contributed by atoms with Crippen LogP contribution in [-0.2, 0) is 10.0 Å². The first-order valence-electron chi connectivity index (χ1n) is 8.24. The van der Waals surface area contributed by atoms with Gasteiger partial charge in [-0.05, 0) is 43.2 Å². The third-order valence-electron chi connectivity index (χ3n) is 4.80. The predicted molar refractivity (Wildman–Crippen MR) is 93.9 cm³/mol. The van der Waals surface area contributed by atoms with Crippen LogP contribution in [0.2, 0.25) is 0 Å². The summed E-state index contributed by atoms with van der Waals surface area (Å²) in [5.41, 5.74) is 0.791. The van der Waals surface area contributed by atoms with E-state index in [4.69, 9.17) is 10.1 Å². The number of rotatable bonds is 4. The molecule has 128 valence electrons. The smallest absolute Gasteiger partial charge is 0.238 e. The molecule has 6 nitrogen and oxygen atoms in total. The Morgan fingerprint density at radius 2 is 1.88 bits per heavy atom. The lowest BCUT2D eigenvalue weighted by molar-refractivity contribution is 0.576. The van der Waals surface area contributed by atoms with Gasteiger partial charge in [0.2, 0.25) is 15.2 Å². The van der Waals surface area contributed by atoms with E-state index in [1.165, 1.54) is 30.8 Å². The van der Waals surface area contributed by atoms with Crippen LogP contribution in [0.5, 0.6) is 0 Å². The van der Waals surface area contributed by atoms with Crippen LogP contribution >= 0.6 is 11.5 Å². The van der Waals surface area contributed by atoms with Gasteiger partial charge in [0.25, 0.3) is 0 Å². The van der Waals surface area contributed by atoms with Crippen molar-refractivity contribution in [2.75, 3.05) is 18.0 Å². The molecular formula is C16H20N4O2S2. The second-order valence-corrected chi connectivity index (χ2v) is 8.77. The molecule has 2 heterocycles. The molecule has 2 aromatic rings. The largest absolute Gasteiger partial charge is 0.347 e. The highest BCUT2D eigenvalue weighted by atomic mass is 32.2. The van der Waals surface area contributed by atoms with Gasteiger partial charge in [-0.2, -0.15) is 4.37 Å². The van der Waals surface area contributed by atoms with Crippen LogP contribution in [-0.4, -0.2) is 30.9 Å². The van der Waals surface area contributed by atoms with E-state index in [0.29, 0.717) is 0 Å². The molecule has 4 rings (SSSR count). The van der Waals surface area contributed by atoms with E-state index in [1.54, 1.807) is 12.1 Å². The highest BCUT2D eigenvalue weighted by Gasteiger charge is 2.44. The van der Waals surface area contributed by atoms with Gasteiger partial charge >= 0.3 is 0 Å². The Hall–Kier alpha value is -1.51. The third-order valence-corrected chi connectivity index (χ3v) is 6.58. The van der Waals surface area contributed by atoms with E-state index in [1.807, 2.05) is 12.1 Å². The molecule has 0 amide bonds. The fourth-order valence-corrected chi connectivity index (χ4v) is 5.06. The average molecular weight is 364 g/mol. The van der Waals surface area contributed by atoms with Crippen molar-refractivity contribution in [3.8, 4) is 0 Å². The first-order chi connectivity index (χ1) is 11.5. The summed E-state index contributed by atoms with van der Waals surface area (Å²) >= 11 is 1.45. The number of sulfonamides is 1. The molecule has 1 aliphatic heterocycles. The molecule has 1 aliphatic carbocycles. The topological polar surface area (TPSA) is 89.2 Å². The van der Waals surface area contributed by atoms with Crippen molar-refractivity contribution in [3.05, 3.63) is 35.7 Å². The van der Waals surface area contributed by atoms with Gasteiger partial charge in [-0.1, -0.05) is 18.2 Å². The van der Waals surface area contributed by atoms with Crippen LogP contribution in [0.15, 0.2) is 29.2 Å². The van der Waals surface area contributed by atoms with E-state index in [-0.39, 0.29) is 16.7 Å². The Bertz CT molecular complexity index is 843. The molecule has 8 heteroatoms. The summed E-state index contributed by atoms with van der Waals surface area (Å²) in [4.78, 5) is 7.25. The molecular weight excluding hydrogens is 344 g/mol. The average Bonchev–Trinajstić information content (AvgIpc) is 3.23. The minimum atomic E-state index is -3.70. The quantitative estimate of drug-likeness (QED) is 0.900. The van der Waals surface area contributed by atoms with Gasteiger partial charge in [0.15, 0.2) is 0 Å². The number of benzene rings is 1. The number of hydrogen-bond donors (Lipinski definition) is 1. The number of anilines is 1. The summed E-state index contributed by atoms with van der Waals surface area (Å²) < 4.78 is 28.1. The van der Waals surface area contributed by atoms with Crippen molar-refractivity contribution in [1.82, 2.24) is 9.36 Å². The number of hydrogen-bond acceptors (Lipinski definition) is 6. The maximum absolute atomic E-state index is 11.8. The Morgan fingerprint density at radius 1 is 1.12 bits per heavy atom. The van der Waals surface area contributed by atoms with E-state index < -0.39 is 10.0 Å². The zero-order valence-electron chi connectivity index (χ0n) is 13.3. The highest BCUT2D eigenvalue weighted by Crippen LogP contribution is 2.55. The molecule has 1 saturated carbocycles. The minimum absolute atomic E-state index is 0.142. The summed E-state index contributed by atoms with van der Waals surface area (Å²) in [6.07, 6.45) is 4.59. The van der Waals surface area contributed by atoms with Crippen molar-refractivity contribution >= 4 is 26.7 Å². The first-order valence-corrected chi connectivity index (χ1v) is 10.6. The molecule has 2 fully saturated rings. The van der Waals surface area contributed by atoms with E-state index in [9.17, 15) is 8.42 Å². The van der Waals surface area contributed by atoms with Crippen LogP contribution in [0.4, 0.5) is 5.13 Å². The van der Waals surface area contributed by atoms with Crippen molar-refractivity contribution in [2.45, 2.75) is 42.4 Å². The Morgan fingerprint density at radius 3 is 2.62 bits per heavy atom. The van der Waals surface area contributed by atoms with E-state index in [2.05, 4.69) is 9.27 Å². The molecule has 0 spiro atoms. The molecule has 1 aromatic carbocycles. The standard InChI is InChI=1S/C16H20N4O2S2/c17-24(21,22)14-7-3-2-6-11(14)12-10-13(12)15-18-16(23-19-15)20-8-4-1-5-9-20/h2-3,6-7,12-13H,1,4-5,8-10H2,(H2,17,21,22)/t12-,13+/m0/s1. The predicted octanol–water partition coefficient (Wildman–Crippen LogP) is 2.45. The molecule has 2 atom stereocenters. The summed E-state index contributed by atoms with van der Waals surface area (Å²) in [5.74, 6) is 1.18. The van der Waals surface area contributed by atoms with Crippen LogP contribution in [0.25, 0.3) is 0 Å². The SMILES string of the molecule is NS(=O)(=O)c1ccccc1[C@@H]1C[C@H]1c1nsc(N2CCCCC2)n1. The first kappa shape index (κ1) is 16.0. The fraction of sp³-hybridized carbons (Fsp3) is 0.500. The van der Waals surface area contributed by atoms with Crippen molar-refractivity contribution < 1.29 is 8.42 Å². The van der Waals surface area contributed by atoms with Gasteiger partial charge in [0.1, 0.15) is 5.82 Å². The van der Waals surface area contributed by atoms with Gasteiger partial charge in [-0.15, -0.1) is 0 Å². The van der Waals surface area contributed by atoms with Crippen LogP contribution in [0, 0.1) is 0 Å². The normalized spacial score (nSPS) is 24.1. The lowest BCUT2D eigenvalue weighted by Crippen LogP contribution is -2.29. The second kappa shape index (κ2) is 6.09. The molecule has 0 radical (unpaired) electrons. The summed E-state index contributed by atoms with van der Waals surface area (Å²) in [6.45, 7) is 2.11. The zero-order valence-corrected chi connectivity index (χ0v) is 14.9. The molecule has 0 unspecified atom stereocenters. The molecule has 1 aromatic heterocycles. The van der Waals surface area contributed by atoms with Gasteiger partial charge in [0.05, 0.1) is 4.90 Å². The maximum atomic E-state index is 11.8. The maximum Gasteiger partial charge on any atom is 0.238 e. The number of piperidine rings is 1. The van der Waals surface area contributed by atoms with Crippen molar-refractivity contribution in [1.29, 1.82) is 0 Å². The number of aromatic nitrogens is 2. The van der Waals surface area contributed by atoms with Gasteiger partial charge < -0.3 is 4.90 Å². The Kier molecular flexibility index (Phi) is 4.06. The van der Waals surface area contributed by atoms with Crippen LogP contribution in [0.1, 0.15) is 48.9 Å². The summed E-state index contributed by atoms with van der Waals surface area (Å²) in [7, 11) is -3.70. The molecule has 2 N–H and O–H groups in total. The zero-order chi connectivity index (χ0) is 16.7. The second-order valence-electron chi connectivity index (χ2n) is 6.51. The minimum Gasteiger partial charge on any atom is -0.347 e. The third kappa shape index (κ3) is 3.05. The molecule has 0 bridgehead atoms. The van der Waals surface area contributed by atoms with Gasteiger partial charge in [-0.25, -0.2) is 18.5 Å². The number of nitrogens with two attached hydrogens (primary N) is 1. The molecule has 2 aliphatic rings. The number of primary sulfonamides is 1. The van der Waals surface area contributed by atoms with Gasteiger partial charge in [0, 0.05) is 30.5 Å². The lowest BCUT2D eigenvalue weighted by atomic mass is 10.1. The molecule has 24 heavy (non-hydrogen) atoms. The Labute approximate surface area is 145 Å². The Balaban J connectivity index is 1.54. The summed E-state index contributed by atoms with van der Waals surface area (Å²) in [5, 5.41) is 6.34. The van der Waals surface area contributed by atoms with E-state index in [0.717, 1.165) is 36.0 Å². The van der Waals surface area contributed by atoms with Crippen molar-refractivity contribution in [3.63, 3.8) is 0 Å². The van der Waals surface area contributed by atoms with Gasteiger partial charge in [-0.3, -0.25) is 0 Å². The highest BCUT2D eigenvalue weighted by molar-refractivity contribution is 7.89. The van der Waals surface area contributed by atoms with Crippen LogP contribution in [0.3, 0.4) is 0 Å². The van der Waals surface area contributed by atoms with Crippen molar-refractivity contribution in [2.24, 2.45) is 5.14 Å². The molecule has 1 saturated heterocycles. The van der Waals surface area contributed by atoms with Crippen LogP contribution < -0.4 is 10.0 Å². The number of nitrogens with zero attached hydrogens (tertiary/aromatic N) is 3. The monoisotopic (exact) mass is 364 g/mol. The summed E-state index contributed by atoms with van der Waals surface area (Å²) in [6, 6.07) is 6.99.